The maximum atomic E-state index is 12.0. The molecule has 0 aliphatic rings. The first-order chi connectivity index (χ1) is 11.5. The molecule has 24 heavy (non-hydrogen) atoms. The summed E-state index contributed by atoms with van der Waals surface area (Å²) >= 11 is 0. The molecule has 0 spiro atoms. The summed E-state index contributed by atoms with van der Waals surface area (Å²) in [4.78, 5) is 23.9. The van der Waals surface area contributed by atoms with Crippen LogP contribution in [0.15, 0.2) is 48.5 Å². The zero-order valence-corrected chi connectivity index (χ0v) is 14.3. The molecule has 4 nitrogen and oxygen atoms in total. The molecule has 0 heterocycles. The van der Waals surface area contributed by atoms with Crippen molar-refractivity contribution in [2.24, 2.45) is 5.92 Å². The Balaban J connectivity index is 1.86. The van der Waals surface area contributed by atoms with Crippen LogP contribution in [0.25, 0.3) is 0 Å². The van der Waals surface area contributed by atoms with Crippen molar-refractivity contribution in [2.45, 2.75) is 27.2 Å². The van der Waals surface area contributed by atoms with Gasteiger partial charge >= 0.3 is 5.97 Å². The van der Waals surface area contributed by atoms with Crippen molar-refractivity contribution in [3.63, 3.8) is 0 Å². The van der Waals surface area contributed by atoms with E-state index in [0.29, 0.717) is 11.5 Å². The second-order valence-electron chi connectivity index (χ2n) is 6.23. The minimum atomic E-state index is -0.494. The van der Waals surface area contributed by atoms with E-state index in [1.54, 1.807) is 12.1 Å². The van der Waals surface area contributed by atoms with Crippen molar-refractivity contribution in [1.29, 1.82) is 0 Å². The third kappa shape index (κ3) is 5.23. The van der Waals surface area contributed by atoms with Crippen molar-refractivity contribution in [3.8, 4) is 0 Å². The molecule has 0 atom stereocenters. The van der Waals surface area contributed by atoms with Crippen LogP contribution in [-0.2, 0) is 16.0 Å². The quantitative estimate of drug-likeness (QED) is 0.817. The van der Waals surface area contributed by atoms with Gasteiger partial charge in [-0.1, -0.05) is 44.2 Å². The molecule has 1 N–H and O–H groups in total. The Morgan fingerprint density at radius 2 is 1.71 bits per heavy atom. The number of ether oxygens (including phenoxy) is 1. The van der Waals surface area contributed by atoms with Crippen LogP contribution >= 0.6 is 0 Å². The summed E-state index contributed by atoms with van der Waals surface area (Å²) < 4.78 is 5.07. The van der Waals surface area contributed by atoms with Crippen molar-refractivity contribution >= 4 is 17.6 Å². The zero-order valence-electron chi connectivity index (χ0n) is 14.3. The van der Waals surface area contributed by atoms with Gasteiger partial charge in [-0.3, -0.25) is 4.79 Å². The van der Waals surface area contributed by atoms with E-state index in [1.165, 1.54) is 5.56 Å². The molecular formula is C20H23NO3. The van der Waals surface area contributed by atoms with Gasteiger partial charge < -0.3 is 10.1 Å². The van der Waals surface area contributed by atoms with Gasteiger partial charge in [0.2, 0.25) is 0 Å². The van der Waals surface area contributed by atoms with E-state index in [1.807, 2.05) is 43.3 Å². The SMILES string of the molecule is Cc1ccccc1NC(=O)COC(=O)c1ccc(CC(C)C)cc1. The predicted molar refractivity (Wildman–Crippen MR) is 95.1 cm³/mol. The molecule has 0 saturated carbocycles. The minimum Gasteiger partial charge on any atom is -0.452 e. The molecular weight excluding hydrogens is 302 g/mol. The number of benzene rings is 2. The third-order valence-corrected chi connectivity index (χ3v) is 3.59. The highest BCUT2D eigenvalue weighted by molar-refractivity contribution is 5.95. The monoisotopic (exact) mass is 325 g/mol. The number of carbonyl (C=O) groups excluding carboxylic acids is 2. The van der Waals surface area contributed by atoms with Crippen LogP contribution in [-0.4, -0.2) is 18.5 Å². The van der Waals surface area contributed by atoms with E-state index in [0.717, 1.165) is 17.7 Å². The topological polar surface area (TPSA) is 55.4 Å². The Morgan fingerprint density at radius 3 is 2.33 bits per heavy atom. The lowest BCUT2D eigenvalue weighted by atomic mass is 10.0. The molecule has 2 aromatic rings. The molecule has 4 heteroatoms. The Labute approximate surface area is 142 Å². The number of nitrogens with one attached hydrogen (secondary N) is 1. The molecule has 2 aromatic carbocycles. The summed E-state index contributed by atoms with van der Waals surface area (Å²) in [6.07, 6.45) is 0.966. The van der Waals surface area contributed by atoms with Crippen molar-refractivity contribution in [3.05, 3.63) is 65.2 Å². The van der Waals surface area contributed by atoms with Crippen molar-refractivity contribution in [2.75, 3.05) is 11.9 Å². The summed E-state index contributed by atoms with van der Waals surface area (Å²) in [6.45, 7) is 5.89. The smallest absolute Gasteiger partial charge is 0.338 e. The van der Waals surface area contributed by atoms with Gasteiger partial charge in [0, 0.05) is 5.69 Å². The predicted octanol–water partition coefficient (Wildman–Crippen LogP) is 3.99. The van der Waals surface area contributed by atoms with Gasteiger partial charge in [-0.15, -0.1) is 0 Å². The average molecular weight is 325 g/mol. The number of amides is 1. The number of hydrogen-bond acceptors (Lipinski definition) is 3. The summed E-state index contributed by atoms with van der Waals surface area (Å²) in [5.74, 6) is -0.284. The lowest BCUT2D eigenvalue weighted by Crippen LogP contribution is -2.21. The summed E-state index contributed by atoms with van der Waals surface area (Å²) in [5, 5.41) is 2.73. The maximum Gasteiger partial charge on any atom is 0.338 e. The van der Waals surface area contributed by atoms with Crippen LogP contribution in [0.5, 0.6) is 0 Å². The van der Waals surface area contributed by atoms with E-state index < -0.39 is 5.97 Å². The van der Waals surface area contributed by atoms with Crippen LogP contribution < -0.4 is 5.32 Å². The first-order valence-corrected chi connectivity index (χ1v) is 8.07. The number of esters is 1. The fourth-order valence-electron chi connectivity index (χ4n) is 2.36. The minimum absolute atomic E-state index is 0.305. The number of hydrogen-bond donors (Lipinski definition) is 1. The summed E-state index contributed by atoms with van der Waals surface area (Å²) in [7, 11) is 0. The van der Waals surface area contributed by atoms with Gasteiger partial charge in [-0.25, -0.2) is 4.79 Å². The van der Waals surface area contributed by atoms with Crippen molar-refractivity contribution < 1.29 is 14.3 Å². The third-order valence-electron chi connectivity index (χ3n) is 3.59. The summed E-state index contributed by atoms with van der Waals surface area (Å²) in [5.41, 5.74) is 3.31. The Hall–Kier alpha value is -2.62. The molecule has 0 bridgehead atoms. The van der Waals surface area contributed by atoms with Crippen LogP contribution in [0.2, 0.25) is 0 Å². The standard InChI is InChI=1S/C20H23NO3/c1-14(2)12-16-8-10-17(11-9-16)20(23)24-13-19(22)21-18-7-5-4-6-15(18)3/h4-11,14H,12-13H2,1-3H3,(H,21,22). The lowest BCUT2D eigenvalue weighted by Gasteiger charge is -2.09. The Morgan fingerprint density at radius 1 is 1.04 bits per heavy atom. The number of anilines is 1. The van der Waals surface area contributed by atoms with Crippen LogP contribution in [0.4, 0.5) is 5.69 Å². The lowest BCUT2D eigenvalue weighted by molar-refractivity contribution is -0.119. The second-order valence-corrected chi connectivity index (χ2v) is 6.23. The van der Waals surface area contributed by atoms with Gasteiger partial charge in [-0.2, -0.15) is 0 Å². The molecule has 0 unspecified atom stereocenters. The molecule has 0 aliphatic carbocycles. The number of aryl methyl sites for hydroxylation is 1. The second kappa shape index (κ2) is 8.29. The van der Waals surface area contributed by atoms with Gasteiger partial charge in [-0.05, 0) is 48.6 Å². The van der Waals surface area contributed by atoms with Crippen molar-refractivity contribution in [1.82, 2.24) is 0 Å². The molecule has 126 valence electrons. The van der Waals surface area contributed by atoms with E-state index in [4.69, 9.17) is 4.74 Å². The highest BCUT2D eigenvalue weighted by Crippen LogP contribution is 2.13. The largest absolute Gasteiger partial charge is 0.452 e. The van der Waals surface area contributed by atoms with E-state index in [9.17, 15) is 9.59 Å². The fraction of sp³-hybridized carbons (Fsp3) is 0.300. The fourth-order valence-corrected chi connectivity index (χ4v) is 2.36. The molecule has 0 aliphatic heterocycles. The van der Waals surface area contributed by atoms with Crippen LogP contribution in [0.3, 0.4) is 0 Å². The van der Waals surface area contributed by atoms with Gasteiger partial charge in [0.15, 0.2) is 6.61 Å². The number of para-hydroxylation sites is 1. The molecule has 0 radical (unpaired) electrons. The number of carbonyl (C=O) groups is 2. The van der Waals surface area contributed by atoms with E-state index >= 15 is 0 Å². The Kier molecular flexibility index (Phi) is 6.13. The molecule has 0 saturated heterocycles. The highest BCUT2D eigenvalue weighted by atomic mass is 16.5. The summed E-state index contributed by atoms with van der Waals surface area (Å²) in [6, 6.07) is 14.8. The van der Waals surface area contributed by atoms with Crippen LogP contribution in [0.1, 0.15) is 35.3 Å². The normalized spacial score (nSPS) is 10.5. The molecule has 1 amide bonds. The van der Waals surface area contributed by atoms with Gasteiger partial charge in [0.05, 0.1) is 5.56 Å². The first-order valence-electron chi connectivity index (χ1n) is 8.07. The maximum absolute atomic E-state index is 12.0. The van der Waals surface area contributed by atoms with Gasteiger partial charge in [0.1, 0.15) is 0 Å². The van der Waals surface area contributed by atoms with E-state index in [2.05, 4.69) is 19.2 Å². The number of rotatable bonds is 6. The molecule has 2 rings (SSSR count). The average Bonchev–Trinajstić information content (AvgIpc) is 2.55. The first kappa shape index (κ1) is 17.7. The van der Waals surface area contributed by atoms with Gasteiger partial charge in [0.25, 0.3) is 5.91 Å². The highest BCUT2D eigenvalue weighted by Gasteiger charge is 2.11. The molecule has 0 aromatic heterocycles. The van der Waals surface area contributed by atoms with E-state index in [-0.39, 0.29) is 12.5 Å². The Bertz CT molecular complexity index is 705. The van der Waals surface area contributed by atoms with Crippen LogP contribution in [0, 0.1) is 12.8 Å². The molecule has 0 fully saturated rings. The zero-order chi connectivity index (χ0) is 17.5.